The lowest BCUT2D eigenvalue weighted by Crippen LogP contribution is -2.32. The van der Waals surface area contributed by atoms with E-state index >= 15 is 0 Å². The first-order valence-corrected chi connectivity index (χ1v) is 11.0. The number of methoxy groups -OCH3 is 1. The van der Waals surface area contributed by atoms with Gasteiger partial charge in [0.25, 0.3) is 5.91 Å². The van der Waals surface area contributed by atoms with Crippen LogP contribution in [0.2, 0.25) is 5.02 Å². The summed E-state index contributed by atoms with van der Waals surface area (Å²) in [7, 11) is 1.63. The Balaban J connectivity index is 1.72. The van der Waals surface area contributed by atoms with Crippen molar-refractivity contribution in [2.75, 3.05) is 7.11 Å². The van der Waals surface area contributed by atoms with E-state index in [1.165, 1.54) is 11.8 Å². The third kappa shape index (κ3) is 4.84. The van der Waals surface area contributed by atoms with E-state index in [2.05, 4.69) is 0 Å². The van der Waals surface area contributed by atoms with Crippen LogP contribution in [-0.4, -0.2) is 23.1 Å². The minimum absolute atomic E-state index is 0.0661. The molecular weight excluding hydrogens is 428 g/mol. The summed E-state index contributed by atoms with van der Waals surface area (Å²) in [6.45, 7) is 2.02. The smallest absolute Gasteiger partial charge is 0.267 e. The Morgan fingerprint density at radius 1 is 1.00 bits per heavy atom. The molecule has 1 saturated heterocycles. The van der Waals surface area contributed by atoms with E-state index < -0.39 is 0 Å². The first-order chi connectivity index (χ1) is 15.0. The molecule has 4 rings (SSSR count). The van der Waals surface area contributed by atoms with Gasteiger partial charge in [-0.1, -0.05) is 54.1 Å². The van der Waals surface area contributed by atoms with E-state index in [0.717, 1.165) is 22.6 Å². The molecule has 31 heavy (non-hydrogen) atoms. The Kier molecular flexibility index (Phi) is 6.44. The van der Waals surface area contributed by atoms with E-state index in [0.29, 0.717) is 15.1 Å². The molecule has 1 heterocycles. The Morgan fingerprint density at radius 3 is 2.32 bits per heavy atom. The van der Waals surface area contributed by atoms with Crippen molar-refractivity contribution in [3.05, 3.63) is 99.9 Å². The maximum atomic E-state index is 13.4. The molecule has 0 N–H and O–H groups in total. The number of thioether (sulfide) groups is 1. The van der Waals surface area contributed by atoms with Crippen LogP contribution in [0.3, 0.4) is 0 Å². The van der Waals surface area contributed by atoms with Gasteiger partial charge in [-0.2, -0.15) is 0 Å². The molecule has 1 aliphatic heterocycles. The molecule has 1 aliphatic rings. The predicted octanol–water partition coefficient (Wildman–Crippen LogP) is 6.71. The highest BCUT2D eigenvalue weighted by Gasteiger charge is 2.37. The van der Waals surface area contributed by atoms with Crippen molar-refractivity contribution in [2.24, 2.45) is 4.99 Å². The maximum absolute atomic E-state index is 13.4. The number of aliphatic imine (C=N–C) groups is 1. The van der Waals surface area contributed by atoms with Gasteiger partial charge in [-0.15, -0.1) is 0 Å². The van der Waals surface area contributed by atoms with Crippen LogP contribution in [0.25, 0.3) is 6.08 Å². The molecular formula is C25H21ClN2O2S. The van der Waals surface area contributed by atoms with Crippen LogP contribution in [0.5, 0.6) is 5.75 Å². The van der Waals surface area contributed by atoms with E-state index in [-0.39, 0.29) is 11.9 Å². The summed E-state index contributed by atoms with van der Waals surface area (Å²) in [5, 5.41) is 1.31. The van der Waals surface area contributed by atoms with Gasteiger partial charge in [-0.25, -0.2) is 4.99 Å². The second-order valence-electron chi connectivity index (χ2n) is 7.02. The summed E-state index contributed by atoms with van der Waals surface area (Å²) in [4.78, 5) is 20.6. The number of hydrogen-bond acceptors (Lipinski definition) is 4. The molecule has 3 aromatic carbocycles. The Bertz CT molecular complexity index is 1130. The number of rotatable bonds is 5. The van der Waals surface area contributed by atoms with Crippen molar-refractivity contribution in [2.45, 2.75) is 13.0 Å². The standard InChI is InChI=1S/C25H21ClN2O2S/c1-17(19-6-4-3-5-7-19)28-24(29)23(16-18-8-10-20(26)11-9-18)31-25(28)27-21-12-14-22(30-2)15-13-21/h3-17H,1-2H3/b23-16+,27-25?. The third-order valence-electron chi connectivity index (χ3n) is 4.97. The average Bonchev–Trinajstić information content (AvgIpc) is 3.10. The first-order valence-electron chi connectivity index (χ1n) is 9.81. The first kappa shape index (κ1) is 21.2. The molecule has 1 atom stereocenters. The average molecular weight is 449 g/mol. The van der Waals surface area contributed by atoms with Gasteiger partial charge in [0.05, 0.1) is 23.7 Å². The lowest BCUT2D eigenvalue weighted by Gasteiger charge is -2.24. The van der Waals surface area contributed by atoms with Crippen LogP contribution in [0.4, 0.5) is 5.69 Å². The monoisotopic (exact) mass is 448 g/mol. The Labute approximate surface area is 191 Å². The van der Waals surface area contributed by atoms with Crippen molar-refractivity contribution in [1.82, 2.24) is 4.90 Å². The molecule has 1 amide bonds. The van der Waals surface area contributed by atoms with Crippen LogP contribution in [-0.2, 0) is 4.79 Å². The minimum Gasteiger partial charge on any atom is -0.497 e. The van der Waals surface area contributed by atoms with E-state index in [1.54, 1.807) is 12.0 Å². The number of halogens is 1. The largest absolute Gasteiger partial charge is 0.497 e. The fourth-order valence-corrected chi connectivity index (χ4v) is 4.46. The fourth-order valence-electron chi connectivity index (χ4n) is 3.26. The topological polar surface area (TPSA) is 41.9 Å². The molecule has 4 nitrogen and oxygen atoms in total. The molecule has 0 bridgehead atoms. The van der Waals surface area contributed by atoms with Crippen molar-refractivity contribution >= 4 is 46.2 Å². The molecule has 0 aliphatic carbocycles. The number of amides is 1. The molecule has 0 spiro atoms. The molecule has 1 unspecified atom stereocenters. The number of carbonyl (C=O) groups is 1. The number of ether oxygens (including phenoxy) is 1. The quantitative estimate of drug-likeness (QED) is 0.407. The second kappa shape index (κ2) is 9.41. The van der Waals surface area contributed by atoms with E-state index in [1.807, 2.05) is 91.9 Å². The minimum atomic E-state index is -0.158. The number of carbonyl (C=O) groups excluding carboxylic acids is 1. The molecule has 156 valence electrons. The van der Waals surface area contributed by atoms with Gasteiger partial charge in [0.15, 0.2) is 5.17 Å². The number of nitrogens with zero attached hydrogens (tertiary/aromatic N) is 2. The lowest BCUT2D eigenvalue weighted by atomic mass is 10.1. The van der Waals surface area contributed by atoms with Crippen LogP contribution < -0.4 is 4.74 Å². The predicted molar refractivity (Wildman–Crippen MR) is 129 cm³/mol. The zero-order valence-electron chi connectivity index (χ0n) is 17.2. The van der Waals surface area contributed by atoms with Gasteiger partial charge in [0.2, 0.25) is 0 Å². The molecule has 0 radical (unpaired) electrons. The SMILES string of the molecule is COc1ccc(N=C2S/C(=C/c3ccc(Cl)cc3)C(=O)N2C(C)c2ccccc2)cc1. The third-order valence-corrected chi connectivity index (χ3v) is 6.21. The highest BCUT2D eigenvalue weighted by atomic mass is 35.5. The Morgan fingerprint density at radius 2 is 1.68 bits per heavy atom. The molecule has 6 heteroatoms. The summed E-state index contributed by atoms with van der Waals surface area (Å²) >= 11 is 7.37. The van der Waals surface area contributed by atoms with E-state index in [4.69, 9.17) is 21.3 Å². The van der Waals surface area contributed by atoms with Crippen molar-refractivity contribution in [3.8, 4) is 5.75 Å². The van der Waals surface area contributed by atoms with Gasteiger partial charge in [0, 0.05) is 5.02 Å². The summed E-state index contributed by atoms with van der Waals surface area (Å²) in [6, 6.07) is 24.7. The second-order valence-corrected chi connectivity index (χ2v) is 8.46. The van der Waals surface area contributed by atoms with Crippen LogP contribution in [0.1, 0.15) is 24.1 Å². The van der Waals surface area contributed by atoms with Gasteiger partial charge in [-0.05, 0) is 72.3 Å². The Hall–Kier alpha value is -3.02. The van der Waals surface area contributed by atoms with Crippen molar-refractivity contribution < 1.29 is 9.53 Å². The highest BCUT2D eigenvalue weighted by Crippen LogP contribution is 2.39. The van der Waals surface area contributed by atoms with Gasteiger partial charge < -0.3 is 4.74 Å². The van der Waals surface area contributed by atoms with Gasteiger partial charge in [-0.3, -0.25) is 9.69 Å². The van der Waals surface area contributed by atoms with Gasteiger partial charge in [0.1, 0.15) is 5.75 Å². The van der Waals surface area contributed by atoms with Crippen LogP contribution >= 0.6 is 23.4 Å². The zero-order valence-corrected chi connectivity index (χ0v) is 18.7. The number of hydrogen-bond donors (Lipinski definition) is 0. The summed E-state index contributed by atoms with van der Waals surface area (Å²) < 4.78 is 5.23. The number of amidine groups is 1. The van der Waals surface area contributed by atoms with Crippen LogP contribution in [0.15, 0.2) is 88.8 Å². The fraction of sp³-hybridized carbons (Fsp3) is 0.120. The molecule has 3 aromatic rings. The van der Waals surface area contributed by atoms with Crippen LogP contribution in [0, 0.1) is 0 Å². The molecule has 0 saturated carbocycles. The summed E-state index contributed by atoms with van der Waals surface area (Å²) in [5.74, 6) is 0.695. The molecule has 0 aromatic heterocycles. The van der Waals surface area contributed by atoms with E-state index in [9.17, 15) is 4.79 Å². The van der Waals surface area contributed by atoms with Crippen molar-refractivity contribution in [1.29, 1.82) is 0 Å². The zero-order chi connectivity index (χ0) is 21.8. The summed E-state index contributed by atoms with van der Waals surface area (Å²) in [6.07, 6.45) is 1.88. The number of benzene rings is 3. The lowest BCUT2D eigenvalue weighted by molar-refractivity contribution is -0.123. The van der Waals surface area contributed by atoms with Gasteiger partial charge >= 0.3 is 0 Å². The normalized spacial score (nSPS) is 17.4. The highest BCUT2D eigenvalue weighted by molar-refractivity contribution is 8.18. The molecule has 1 fully saturated rings. The maximum Gasteiger partial charge on any atom is 0.267 e. The summed E-state index contributed by atoms with van der Waals surface area (Å²) in [5.41, 5.74) is 2.72. The van der Waals surface area contributed by atoms with Crippen molar-refractivity contribution in [3.63, 3.8) is 0 Å².